The van der Waals surface area contributed by atoms with Crippen molar-refractivity contribution in [2.45, 2.75) is 32.6 Å². The first kappa shape index (κ1) is 15.6. The van der Waals surface area contributed by atoms with Gasteiger partial charge in [0.2, 0.25) is 0 Å². The van der Waals surface area contributed by atoms with Crippen LogP contribution in [0, 0.1) is 5.92 Å². The third kappa shape index (κ3) is 3.85. The summed E-state index contributed by atoms with van der Waals surface area (Å²) in [7, 11) is 0. The Morgan fingerprint density at radius 3 is 2.50 bits per heavy atom. The molecule has 1 aliphatic heterocycles. The molecule has 112 valence electrons. The number of benzene rings is 1. The van der Waals surface area contributed by atoms with Crippen LogP contribution in [-0.4, -0.2) is 42.1 Å². The van der Waals surface area contributed by atoms with Gasteiger partial charge in [-0.15, -0.1) is 0 Å². The summed E-state index contributed by atoms with van der Waals surface area (Å²) in [5.74, 6) is 0.623. The number of rotatable bonds is 5. The number of nitrogens with zero attached hydrogens (tertiary/aromatic N) is 1. The molecular weight excluding hydrogens is 276 g/mol. The largest absolute Gasteiger partial charge is 0.389 e. The van der Waals surface area contributed by atoms with E-state index in [1.54, 1.807) is 0 Å². The van der Waals surface area contributed by atoms with Crippen LogP contribution >= 0.6 is 11.6 Å². The number of nitrogens with one attached hydrogen (secondary N) is 1. The van der Waals surface area contributed by atoms with Crippen molar-refractivity contribution in [3.63, 3.8) is 0 Å². The monoisotopic (exact) mass is 298 g/mol. The molecule has 4 nitrogen and oxygen atoms in total. The summed E-state index contributed by atoms with van der Waals surface area (Å²) in [6.07, 6.45) is -1.39. The van der Waals surface area contributed by atoms with E-state index >= 15 is 0 Å². The number of aliphatic hydroxyl groups is 2. The Labute approximate surface area is 125 Å². The molecule has 20 heavy (non-hydrogen) atoms. The van der Waals surface area contributed by atoms with Gasteiger partial charge in [0, 0.05) is 19.6 Å². The summed E-state index contributed by atoms with van der Waals surface area (Å²) >= 11 is 6.31. The van der Waals surface area contributed by atoms with E-state index < -0.39 is 12.2 Å². The summed E-state index contributed by atoms with van der Waals surface area (Å²) in [6, 6.07) is 5.94. The van der Waals surface area contributed by atoms with E-state index in [1.165, 1.54) is 0 Å². The fourth-order valence-corrected chi connectivity index (χ4v) is 2.71. The van der Waals surface area contributed by atoms with E-state index in [1.807, 2.05) is 23.1 Å². The van der Waals surface area contributed by atoms with Crippen LogP contribution in [0.2, 0.25) is 5.02 Å². The lowest BCUT2D eigenvalue weighted by molar-refractivity contribution is 0.0572. The zero-order chi connectivity index (χ0) is 14.7. The van der Waals surface area contributed by atoms with Crippen LogP contribution in [0.3, 0.4) is 0 Å². The highest BCUT2D eigenvalue weighted by molar-refractivity contribution is 6.33. The molecular formula is C15H23ClN2O2. The molecule has 0 spiro atoms. The molecule has 0 bridgehead atoms. The smallest absolute Gasteiger partial charge is 0.0990 e. The second kappa shape index (κ2) is 6.76. The lowest BCUT2D eigenvalue weighted by atomic mass is 10.1. The van der Waals surface area contributed by atoms with Crippen LogP contribution in [0.1, 0.15) is 19.4 Å². The lowest BCUT2D eigenvalue weighted by Crippen LogP contribution is -2.22. The molecule has 1 aliphatic rings. The molecule has 0 aromatic heterocycles. The van der Waals surface area contributed by atoms with Crippen molar-refractivity contribution < 1.29 is 10.2 Å². The molecule has 2 atom stereocenters. The molecule has 2 unspecified atom stereocenters. The van der Waals surface area contributed by atoms with Gasteiger partial charge in [-0.25, -0.2) is 0 Å². The molecule has 1 saturated heterocycles. The first-order valence-electron chi connectivity index (χ1n) is 7.07. The number of anilines is 1. The topological polar surface area (TPSA) is 55.7 Å². The average Bonchev–Trinajstić information content (AvgIpc) is 2.69. The van der Waals surface area contributed by atoms with Crippen LogP contribution in [-0.2, 0) is 6.54 Å². The zero-order valence-electron chi connectivity index (χ0n) is 12.0. The van der Waals surface area contributed by atoms with Crippen molar-refractivity contribution in [2.24, 2.45) is 5.92 Å². The molecule has 5 heteroatoms. The van der Waals surface area contributed by atoms with Crippen LogP contribution in [0.25, 0.3) is 0 Å². The maximum absolute atomic E-state index is 9.60. The molecule has 0 amide bonds. The minimum Gasteiger partial charge on any atom is -0.389 e. The van der Waals surface area contributed by atoms with E-state index in [-0.39, 0.29) is 0 Å². The van der Waals surface area contributed by atoms with Crippen LogP contribution < -0.4 is 10.2 Å². The summed E-state index contributed by atoms with van der Waals surface area (Å²) in [5.41, 5.74) is 2.01. The lowest BCUT2D eigenvalue weighted by Gasteiger charge is -2.20. The van der Waals surface area contributed by atoms with Gasteiger partial charge in [-0.2, -0.15) is 0 Å². The van der Waals surface area contributed by atoms with Gasteiger partial charge in [0.1, 0.15) is 0 Å². The number of β-amino-alcohol motifs (C(OH)–C–C–N with tert-alkyl or cyclic N) is 2. The summed E-state index contributed by atoms with van der Waals surface area (Å²) < 4.78 is 0. The zero-order valence-corrected chi connectivity index (χ0v) is 12.8. The average molecular weight is 299 g/mol. The van der Waals surface area contributed by atoms with Crippen LogP contribution in [0.4, 0.5) is 5.69 Å². The van der Waals surface area contributed by atoms with Crippen LogP contribution in [0.5, 0.6) is 0 Å². The van der Waals surface area contributed by atoms with E-state index in [0.717, 1.165) is 24.3 Å². The third-order valence-corrected chi connectivity index (χ3v) is 3.80. The normalized spacial score (nSPS) is 22.8. The standard InChI is InChI=1S/C15H23ClN2O2/c1-10(2)6-17-7-11-3-4-13(12(16)5-11)18-8-14(19)15(20)9-18/h3-5,10,14-15,17,19-20H,6-9H2,1-2H3. The van der Waals surface area contributed by atoms with Gasteiger partial charge in [0.05, 0.1) is 22.9 Å². The Kier molecular flexibility index (Phi) is 5.27. The van der Waals surface area contributed by atoms with E-state index in [4.69, 9.17) is 11.6 Å². The Bertz CT molecular complexity index is 443. The van der Waals surface area contributed by atoms with Gasteiger partial charge in [-0.3, -0.25) is 0 Å². The van der Waals surface area contributed by atoms with Crippen molar-refractivity contribution in [2.75, 3.05) is 24.5 Å². The first-order chi connectivity index (χ1) is 9.47. The molecule has 3 N–H and O–H groups in total. The predicted octanol–water partition coefficient (Wildman–Crippen LogP) is 1.63. The Balaban J connectivity index is 1.99. The van der Waals surface area contributed by atoms with Crippen molar-refractivity contribution >= 4 is 17.3 Å². The number of hydrogen-bond acceptors (Lipinski definition) is 4. The molecule has 1 aromatic carbocycles. The van der Waals surface area contributed by atoms with Crippen molar-refractivity contribution in [1.29, 1.82) is 0 Å². The van der Waals surface area contributed by atoms with E-state index in [0.29, 0.717) is 24.0 Å². The van der Waals surface area contributed by atoms with Crippen molar-refractivity contribution in [1.82, 2.24) is 5.32 Å². The first-order valence-corrected chi connectivity index (χ1v) is 7.45. The Morgan fingerprint density at radius 2 is 1.95 bits per heavy atom. The highest BCUT2D eigenvalue weighted by Crippen LogP contribution is 2.29. The summed E-state index contributed by atoms with van der Waals surface area (Å²) in [6.45, 7) is 6.96. The summed E-state index contributed by atoms with van der Waals surface area (Å²) in [4.78, 5) is 1.92. The fraction of sp³-hybridized carbons (Fsp3) is 0.600. The highest BCUT2D eigenvalue weighted by atomic mass is 35.5. The molecule has 0 aliphatic carbocycles. The van der Waals surface area contributed by atoms with Gasteiger partial charge in [0.25, 0.3) is 0 Å². The molecule has 1 fully saturated rings. The van der Waals surface area contributed by atoms with Gasteiger partial charge in [-0.05, 0) is 30.2 Å². The molecule has 0 radical (unpaired) electrons. The quantitative estimate of drug-likeness (QED) is 0.773. The van der Waals surface area contributed by atoms with E-state index in [9.17, 15) is 10.2 Å². The van der Waals surface area contributed by atoms with Gasteiger partial charge < -0.3 is 20.4 Å². The highest BCUT2D eigenvalue weighted by Gasteiger charge is 2.30. The van der Waals surface area contributed by atoms with Gasteiger partial charge in [-0.1, -0.05) is 31.5 Å². The molecule has 1 aromatic rings. The van der Waals surface area contributed by atoms with E-state index in [2.05, 4.69) is 19.2 Å². The second-order valence-corrected chi connectivity index (χ2v) is 6.26. The SMILES string of the molecule is CC(C)CNCc1ccc(N2CC(O)C(O)C2)c(Cl)c1. The number of hydrogen-bond donors (Lipinski definition) is 3. The van der Waals surface area contributed by atoms with Gasteiger partial charge in [0.15, 0.2) is 0 Å². The van der Waals surface area contributed by atoms with Crippen molar-refractivity contribution in [3.8, 4) is 0 Å². The molecule has 2 rings (SSSR count). The number of halogens is 1. The minimum absolute atomic E-state index is 0.422. The van der Waals surface area contributed by atoms with Gasteiger partial charge >= 0.3 is 0 Å². The summed E-state index contributed by atoms with van der Waals surface area (Å²) in [5, 5.41) is 23.2. The third-order valence-electron chi connectivity index (χ3n) is 3.49. The van der Waals surface area contributed by atoms with Crippen LogP contribution in [0.15, 0.2) is 18.2 Å². The Hall–Kier alpha value is -0.810. The maximum atomic E-state index is 9.60. The fourth-order valence-electron chi connectivity index (χ4n) is 2.39. The molecule has 1 heterocycles. The molecule has 0 saturated carbocycles. The minimum atomic E-state index is -0.696. The maximum Gasteiger partial charge on any atom is 0.0990 e. The number of aliphatic hydroxyl groups excluding tert-OH is 2. The second-order valence-electron chi connectivity index (χ2n) is 5.85. The Morgan fingerprint density at radius 1 is 1.30 bits per heavy atom. The van der Waals surface area contributed by atoms with Crippen molar-refractivity contribution in [3.05, 3.63) is 28.8 Å². The predicted molar refractivity (Wildman–Crippen MR) is 82.2 cm³/mol.